The fourth-order valence-electron chi connectivity index (χ4n) is 1.93. The van der Waals surface area contributed by atoms with Gasteiger partial charge in [-0.3, -0.25) is 4.79 Å². The highest BCUT2D eigenvalue weighted by atomic mass is 19.1. The first-order valence-corrected chi connectivity index (χ1v) is 7.74. The molecule has 3 nitrogen and oxygen atoms in total. The lowest BCUT2D eigenvalue weighted by molar-refractivity contribution is 0.0930. The second-order valence-corrected chi connectivity index (χ2v) is 5.95. The van der Waals surface area contributed by atoms with E-state index in [-0.39, 0.29) is 17.8 Å². The van der Waals surface area contributed by atoms with Crippen molar-refractivity contribution < 1.29 is 13.9 Å². The number of rotatable bonds is 6. The molecule has 0 fully saturated rings. The predicted octanol–water partition coefficient (Wildman–Crippen LogP) is 4.18. The van der Waals surface area contributed by atoms with E-state index in [4.69, 9.17) is 4.74 Å². The van der Waals surface area contributed by atoms with Gasteiger partial charge in [-0.25, -0.2) is 4.39 Å². The van der Waals surface area contributed by atoms with Gasteiger partial charge in [-0.05, 0) is 48.7 Å². The second kappa shape index (κ2) is 7.77. The fourth-order valence-corrected chi connectivity index (χ4v) is 1.93. The van der Waals surface area contributed by atoms with Crippen molar-refractivity contribution in [1.82, 2.24) is 5.32 Å². The van der Waals surface area contributed by atoms with Crippen molar-refractivity contribution in [3.05, 3.63) is 65.5 Å². The van der Waals surface area contributed by atoms with Gasteiger partial charge in [-0.1, -0.05) is 32.0 Å². The van der Waals surface area contributed by atoms with Crippen LogP contribution < -0.4 is 10.1 Å². The molecule has 23 heavy (non-hydrogen) atoms. The van der Waals surface area contributed by atoms with Gasteiger partial charge in [-0.15, -0.1) is 0 Å². The lowest BCUT2D eigenvalue weighted by atomic mass is 10.1. The molecule has 1 atom stereocenters. The maximum absolute atomic E-state index is 12.9. The van der Waals surface area contributed by atoms with E-state index in [0.29, 0.717) is 23.8 Å². The first-order valence-electron chi connectivity index (χ1n) is 7.74. The predicted molar refractivity (Wildman–Crippen MR) is 88.9 cm³/mol. The van der Waals surface area contributed by atoms with Crippen molar-refractivity contribution in [3.8, 4) is 5.75 Å². The molecule has 0 aliphatic rings. The largest absolute Gasteiger partial charge is 0.489 e. The van der Waals surface area contributed by atoms with Crippen LogP contribution >= 0.6 is 0 Å². The highest BCUT2D eigenvalue weighted by Gasteiger charge is 2.13. The maximum atomic E-state index is 12.9. The molecule has 0 spiro atoms. The Hall–Kier alpha value is -2.36. The summed E-state index contributed by atoms with van der Waals surface area (Å²) in [4.78, 5) is 12.2. The zero-order valence-electron chi connectivity index (χ0n) is 13.7. The van der Waals surface area contributed by atoms with Crippen LogP contribution in [-0.4, -0.2) is 11.9 Å². The molecule has 0 saturated carbocycles. The molecule has 0 heterocycles. The number of nitrogens with one attached hydrogen (secondary N) is 1. The molecule has 2 rings (SSSR count). The van der Waals surface area contributed by atoms with E-state index in [1.807, 2.05) is 6.92 Å². The summed E-state index contributed by atoms with van der Waals surface area (Å²) in [5, 5.41) is 2.97. The minimum absolute atomic E-state index is 0.103. The zero-order valence-corrected chi connectivity index (χ0v) is 13.7. The fraction of sp³-hybridized carbons (Fsp3) is 0.316. The number of hydrogen-bond donors (Lipinski definition) is 1. The third kappa shape index (κ3) is 5.09. The Kier molecular flexibility index (Phi) is 5.74. The van der Waals surface area contributed by atoms with Crippen LogP contribution in [0.1, 0.15) is 36.7 Å². The van der Waals surface area contributed by atoms with Gasteiger partial charge < -0.3 is 10.1 Å². The minimum atomic E-state index is -0.272. The Bertz CT molecular complexity index is 653. The second-order valence-electron chi connectivity index (χ2n) is 5.95. The Morgan fingerprint density at radius 2 is 1.83 bits per heavy atom. The first kappa shape index (κ1) is 17.0. The van der Waals surface area contributed by atoms with Crippen LogP contribution in [-0.2, 0) is 6.61 Å². The highest BCUT2D eigenvalue weighted by molar-refractivity contribution is 5.94. The number of benzene rings is 2. The van der Waals surface area contributed by atoms with Crippen molar-refractivity contribution in [3.63, 3.8) is 0 Å². The van der Waals surface area contributed by atoms with Gasteiger partial charge in [-0.2, -0.15) is 0 Å². The summed E-state index contributed by atoms with van der Waals surface area (Å²) in [6.45, 7) is 6.44. The molecule has 4 heteroatoms. The topological polar surface area (TPSA) is 38.3 Å². The molecular weight excluding hydrogens is 293 g/mol. The molecule has 1 N–H and O–H groups in total. The summed E-state index contributed by atoms with van der Waals surface area (Å²) in [6, 6.07) is 13.3. The number of halogens is 1. The summed E-state index contributed by atoms with van der Waals surface area (Å²) in [7, 11) is 0. The van der Waals surface area contributed by atoms with E-state index in [1.54, 1.807) is 36.4 Å². The average molecular weight is 315 g/mol. The van der Waals surface area contributed by atoms with Gasteiger partial charge in [0.15, 0.2) is 0 Å². The van der Waals surface area contributed by atoms with Gasteiger partial charge in [0, 0.05) is 11.6 Å². The number of carbonyl (C=O) groups excluding carboxylic acids is 1. The summed E-state index contributed by atoms with van der Waals surface area (Å²) < 4.78 is 18.5. The van der Waals surface area contributed by atoms with Crippen LogP contribution in [0, 0.1) is 11.7 Å². The van der Waals surface area contributed by atoms with E-state index in [2.05, 4.69) is 19.2 Å². The molecule has 0 aliphatic carbocycles. The van der Waals surface area contributed by atoms with Crippen molar-refractivity contribution in [2.24, 2.45) is 5.92 Å². The zero-order chi connectivity index (χ0) is 16.8. The molecule has 0 saturated heterocycles. The molecule has 2 aromatic carbocycles. The number of ether oxygens (including phenoxy) is 1. The van der Waals surface area contributed by atoms with E-state index in [9.17, 15) is 9.18 Å². The van der Waals surface area contributed by atoms with Crippen molar-refractivity contribution in [1.29, 1.82) is 0 Å². The van der Waals surface area contributed by atoms with Crippen LogP contribution in [0.2, 0.25) is 0 Å². The maximum Gasteiger partial charge on any atom is 0.251 e. The van der Waals surface area contributed by atoms with E-state index in [1.165, 1.54) is 12.1 Å². The van der Waals surface area contributed by atoms with Crippen molar-refractivity contribution in [2.45, 2.75) is 33.4 Å². The lowest BCUT2D eigenvalue weighted by Gasteiger charge is -2.17. The van der Waals surface area contributed by atoms with Gasteiger partial charge >= 0.3 is 0 Å². The third-order valence-corrected chi connectivity index (χ3v) is 3.77. The SMILES string of the molecule is CC(C)C(C)NC(=O)c1cccc(OCc2ccc(F)cc2)c1. The van der Waals surface area contributed by atoms with Gasteiger partial charge in [0.05, 0.1) is 0 Å². The van der Waals surface area contributed by atoms with E-state index < -0.39 is 0 Å². The molecule has 0 bridgehead atoms. The summed E-state index contributed by atoms with van der Waals surface area (Å²) >= 11 is 0. The van der Waals surface area contributed by atoms with Crippen LogP contribution in [0.4, 0.5) is 4.39 Å². The molecule has 2 aromatic rings. The number of carbonyl (C=O) groups is 1. The minimum Gasteiger partial charge on any atom is -0.489 e. The summed E-state index contributed by atoms with van der Waals surface area (Å²) in [5.41, 5.74) is 1.43. The standard InChI is InChI=1S/C19H22FNO2/c1-13(2)14(3)21-19(22)16-5-4-6-18(11-16)23-12-15-7-9-17(20)10-8-15/h4-11,13-14H,12H2,1-3H3,(H,21,22). The monoisotopic (exact) mass is 315 g/mol. The van der Waals surface area contributed by atoms with Crippen molar-refractivity contribution >= 4 is 5.91 Å². The van der Waals surface area contributed by atoms with Gasteiger partial charge in [0.25, 0.3) is 5.91 Å². The normalized spacial score (nSPS) is 12.0. The Morgan fingerprint density at radius 3 is 2.48 bits per heavy atom. The highest BCUT2D eigenvalue weighted by Crippen LogP contribution is 2.16. The molecule has 0 aliphatic heterocycles. The summed E-state index contributed by atoms with van der Waals surface area (Å²) in [6.07, 6.45) is 0. The van der Waals surface area contributed by atoms with Crippen LogP contribution in [0.5, 0.6) is 5.75 Å². The van der Waals surface area contributed by atoms with E-state index in [0.717, 1.165) is 5.56 Å². The number of amides is 1. The Balaban J connectivity index is 1.99. The molecule has 122 valence electrons. The third-order valence-electron chi connectivity index (χ3n) is 3.77. The van der Waals surface area contributed by atoms with Crippen LogP contribution in [0.15, 0.2) is 48.5 Å². The summed E-state index contributed by atoms with van der Waals surface area (Å²) in [5.74, 6) is 0.598. The number of hydrogen-bond acceptors (Lipinski definition) is 2. The first-order chi connectivity index (χ1) is 11.0. The molecule has 1 amide bonds. The molecule has 0 radical (unpaired) electrons. The van der Waals surface area contributed by atoms with E-state index >= 15 is 0 Å². The Morgan fingerprint density at radius 1 is 1.13 bits per heavy atom. The van der Waals surface area contributed by atoms with Crippen LogP contribution in [0.25, 0.3) is 0 Å². The smallest absolute Gasteiger partial charge is 0.251 e. The molecular formula is C19H22FNO2. The van der Waals surface area contributed by atoms with Crippen molar-refractivity contribution in [2.75, 3.05) is 0 Å². The average Bonchev–Trinajstić information content (AvgIpc) is 2.54. The molecule has 0 aromatic heterocycles. The quantitative estimate of drug-likeness (QED) is 0.868. The lowest BCUT2D eigenvalue weighted by Crippen LogP contribution is -2.36. The molecule has 1 unspecified atom stereocenters. The van der Waals surface area contributed by atoms with Crippen LogP contribution in [0.3, 0.4) is 0 Å². The van der Waals surface area contributed by atoms with Gasteiger partial charge in [0.2, 0.25) is 0 Å². The Labute approximate surface area is 136 Å². The van der Waals surface area contributed by atoms with Gasteiger partial charge in [0.1, 0.15) is 18.2 Å².